The van der Waals surface area contributed by atoms with E-state index in [1.807, 2.05) is 6.92 Å². The van der Waals surface area contributed by atoms with Gasteiger partial charge in [0.15, 0.2) is 5.79 Å². The number of hydrogen-bond acceptors (Lipinski definition) is 2. The molecule has 0 aliphatic heterocycles. The molecule has 0 heterocycles. The first-order chi connectivity index (χ1) is 5.08. The van der Waals surface area contributed by atoms with Crippen LogP contribution < -0.4 is 0 Å². The highest BCUT2D eigenvalue weighted by Crippen LogP contribution is 2.18. The molecule has 0 fully saturated rings. The highest BCUT2D eigenvalue weighted by Gasteiger charge is 2.23. The number of ether oxygens (including phenoxy) is 2. The van der Waals surface area contributed by atoms with E-state index in [-0.39, 0.29) is 6.10 Å². The van der Waals surface area contributed by atoms with Crippen LogP contribution in [0.5, 0.6) is 0 Å². The third kappa shape index (κ3) is 3.73. The quantitative estimate of drug-likeness (QED) is 0.575. The maximum Gasteiger partial charge on any atom is 0.165 e. The van der Waals surface area contributed by atoms with Crippen LogP contribution in [0.3, 0.4) is 0 Å². The fourth-order valence-corrected chi connectivity index (χ4v) is 0.785. The summed E-state index contributed by atoms with van der Waals surface area (Å²) in [6.07, 6.45) is 2.19. The smallest absolute Gasteiger partial charge is 0.165 e. The fraction of sp³-hybridized carbons (Fsp3) is 1.00. The minimum atomic E-state index is -0.393. The third-order valence-electron chi connectivity index (χ3n) is 2.10. The van der Waals surface area contributed by atoms with Crippen LogP contribution in [-0.2, 0) is 9.47 Å². The summed E-state index contributed by atoms with van der Waals surface area (Å²) in [5.74, 6) is -0.393. The molecule has 2 unspecified atom stereocenters. The van der Waals surface area contributed by atoms with E-state index in [9.17, 15) is 0 Å². The minimum absolute atomic E-state index is 0.278. The second-order valence-corrected chi connectivity index (χ2v) is 3.03. The highest BCUT2D eigenvalue weighted by molar-refractivity contribution is 4.61. The molecule has 0 aromatic carbocycles. The van der Waals surface area contributed by atoms with E-state index in [2.05, 4.69) is 20.8 Å². The van der Waals surface area contributed by atoms with Crippen molar-refractivity contribution < 1.29 is 9.47 Å². The maximum absolute atomic E-state index is 5.66. The van der Waals surface area contributed by atoms with Gasteiger partial charge in [-0.1, -0.05) is 13.8 Å². The molecule has 0 radical (unpaired) electrons. The van der Waals surface area contributed by atoms with Crippen molar-refractivity contribution in [2.24, 2.45) is 0 Å². The Kier molecular flexibility index (Phi) is 4.69. The Hall–Kier alpha value is -0.0800. The van der Waals surface area contributed by atoms with Crippen LogP contribution in [-0.4, -0.2) is 19.0 Å². The van der Waals surface area contributed by atoms with E-state index < -0.39 is 5.79 Å². The lowest BCUT2D eigenvalue weighted by atomic mass is 10.2. The minimum Gasteiger partial charge on any atom is -0.353 e. The summed E-state index contributed by atoms with van der Waals surface area (Å²) in [6, 6.07) is 0. The molecule has 0 bridgehead atoms. The predicted molar refractivity (Wildman–Crippen MR) is 46.5 cm³/mol. The first-order valence-electron chi connectivity index (χ1n) is 4.31. The topological polar surface area (TPSA) is 18.5 Å². The molecule has 2 atom stereocenters. The maximum atomic E-state index is 5.66. The molecule has 0 aromatic heterocycles. The SMILES string of the molecule is CCC(C)OC(C)(CC)OC. The molecule has 68 valence electrons. The van der Waals surface area contributed by atoms with E-state index in [1.54, 1.807) is 7.11 Å². The lowest BCUT2D eigenvalue weighted by Gasteiger charge is -2.30. The summed E-state index contributed by atoms with van der Waals surface area (Å²) >= 11 is 0. The van der Waals surface area contributed by atoms with Gasteiger partial charge >= 0.3 is 0 Å². The van der Waals surface area contributed by atoms with Crippen molar-refractivity contribution in [1.82, 2.24) is 0 Å². The standard InChI is InChI=1S/C9H20O2/c1-6-8(3)11-9(4,7-2)10-5/h8H,6-7H2,1-5H3. The van der Waals surface area contributed by atoms with Crippen LogP contribution in [0, 0.1) is 0 Å². The van der Waals surface area contributed by atoms with Gasteiger partial charge in [0.05, 0.1) is 6.10 Å². The fourth-order valence-electron chi connectivity index (χ4n) is 0.785. The van der Waals surface area contributed by atoms with E-state index in [0.29, 0.717) is 0 Å². The Labute approximate surface area is 69.9 Å². The molecule has 0 amide bonds. The second kappa shape index (κ2) is 4.73. The van der Waals surface area contributed by atoms with Gasteiger partial charge in [0.1, 0.15) is 0 Å². The van der Waals surface area contributed by atoms with Crippen LogP contribution in [0.4, 0.5) is 0 Å². The van der Waals surface area contributed by atoms with Gasteiger partial charge in [0, 0.05) is 7.11 Å². The van der Waals surface area contributed by atoms with Crippen LogP contribution >= 0.6 is 0 Å². The summed E-state index contributed by atoms with van der Waals surface area (Å²) in [6.45, 7) is 8.20. The lowest BCUT2D eigenvalue weighted by Crippen LogP contribution is -2.33. The molecule has 0 saturated carbocycles. The van der Waals surface area contributed by atoms with E-state index >= 15 is 0 Å². The average Bonchev–Trinajstić information content (AvgIpc) is 2.04. The molecule has 2 heteroatoms. The van der Waals surface area contributed by atoms with Crippen LogP contribution in [0.2, 0.25) is 0 Å². The van der Waals surface area contributed by atoms with E-state index in [0.717, 1.165) is 12.8 Å². The van der Waals surface area contributed by atoms with Crippen LogP contribution in [0.25, 0.3) is 0 Å². The zero-order valence-electron chi connectivity index (χ0n) is 8.31. The number of rotatable bonds is 5. The second-order valence-electron chi connectivity index (χ2n) is 3.03. The molecule has 0 aromatic rings. The highest BCUT2D eigenvalue weighted by atomic mass is 16.7. The summed E-state index contributed by atoms with van der Waals surface area (Å²) in [7, 11) is 1.69. The van der Waals surface area contributed by atoms with Gasteiger partial charge in [-0.3, -0.25) is 0 Å². The Bertz CT molecular complexity index is 97.7. The molecule has 0 rings (SSSR count). The largest absolute Gasteiger partial charge is 0.353 e. The van der Waals surface area contributed by atoms with Gasteiger partial charge in [-0.2, -0.15) is 0 Å². The van der Waals surface area contributed by atoms with Crippen molar-refractivity contribution >= 4 is 0 Å². The Balaban J connectivity index is 3.86. The summed E-state index contributed by atoms with van der Waals surface area (Å²) in [5.41, 5.74) is 0. The van der Waals surface area contributed by atoms with Crippen molar-refractivity contribution in [2.45, 2.75) is 52.4 Å². The van der Waals surface area contributed by atoms with Crippen molar-refractivity contribution in [3.8, 4) is 0 Å². The van der Waals surface area contributed by atoms with E-state index in [4.69, 9.17) is 9.47 Å². The predicted octanol–water partition coefficient (Wildman–Crippen LogP) is 2.57. The van der Waals surface area contributed by atoms with Crippen molar-refractivity contribution in [2.75, 3.05) is 7.11 Å². The van der Waals surface area contributed by atoms with Crippen molar-refractivity contribution in [3.63, 3.8) is 0 Å². The summed E-state index contributed by atoms with van der Waals surface area (Å²) in [4.78, 5) is 0. The van der Waals surface area contributed by atoms with Gasteiger partial charge in [-0.15, -0.1) is 0 Å². The monoisotopic (exact) mass is 160 g/mol. The first-order valence-corrected chi connectivity index (χ1v) is 4.31. The molecule has 0 N–H and O–H groups in total. The van der Waals surface area contributed by atoms with Gasteiger partial charge in [0.25, 0.3) is 0 Å². The number of methoxy groups -OCH3 is 1. The molecule has 0 aliphatic rings. The first kappa shape index (κ1) is 10.9. The van der Waals surface area contributed by atoms with Gasteiger partial charge in [-0.25, -0.2) is 0 Å². The molecular weight excluding hydrogens is 140 g/mol. The molecule has 0 spiro atoms. The van der Waals surface area contributed by atoms with Gasteiger partial charge in [0.2, 0.25) is 0 Å². The van der Waals surface area contributed by atoms with E-state index in [1.165, 1.54) is 0 Å². The van der Waals surface area contributed by atoms with Crippen LogP contribution in [0.1, 0.15) is 40.5 Å². The lowest BCUT2D eigenvalue weighted by molar-refractivity contribution is -0.233. The van der Waals surface area contributed by atoms with Crippen molar-refractivity contribution in [1.29, 1.82) is 0 Å². The van der Waals surface area contributed by atoms with Crippen molar-refractivity contribution in [3.05, 3.63) is 0 Å². The molecule has 2 nitrogen and oxygen atoms in total. The van der Waals surface area contributed by atoms with Gasteiger partial charge in [-0.05, 0) is 26.7 Å². The normalized spacial score (nSPS) is 19.4. The summed E-state index contributed by atoms with van der Waals surface area (Å²) in [5, 5.41) is 0. The summed E-state index contributed by atoms with van der Waals surface area (Å²) < 4.78 is 10.9. The Morgan fingerprint density at radius 1 is 1.36 bits per heavy atom. The zero-order valence-corrected chi connectivity index (χ0v) is 8.31. The average molecular weight is 160 g/mol. The molecular formula is C9H20O2. The number of hydrogen-bond donors (Lipinski definition) is 0. The molecule has 0 saturated heterocycles. The Morgan fingerprint density at radius 2 is 1.91 bits per heavy atom. The van der Waals surface area contributed by atoms with Crippen LogP contribution in [0.15, 0.2) is 0 Å². The molecule has 0 aliphatic carbocycles. The zero-order chi connectivity index (χ0) is 8.91. The molecule has 11 heavy (non-hydrogen) atoms. The Morgan fingerprint density at radius 3 is 2.18 bits per heavy atom. The third-order valence-corrected chi connectivity index (χ3v) is 2.10. The van der Waals surface area contributed by atoms with Gasteiger partial charge < -0.3 is 9.47 Å².